The standard InChI is InChI=1S/C74H124N4O56/c1-16(89)75-31-40(98)55(24(9-83)115-64(31)113)126-65-32(76-17(2)90)41(99)58(27(12-86)120-65)129-72-54(112)61(132-74-63(47(105)38(96)23(8-82)119-74)134-67-34(78-19(4)92)43(101)57(26(11-85)122-67)128-71-53(111)49(107)60(29(14-88)124-71)131-69-51(109)45(103)36(94)21(6-80)117-69)39(97)30(125-72)15-114-73-62(46(104)37(95)22(7-81)118-73)133-66-33(77-18(3)91)42(100)56(25(10-84)121-66)127-70-52(110)48(106)59(28(13-87)123-70)130-68-50(108)44(102)35(93)20(5-79)116-68/h20-74,79-88,93-113H,5-15H2,1-4H3,(H,75,89)(H,76,90)(H,77,91)(H,78,92)/t20-,21-,22-,23-,24-,25-,26-,27-,28-,29-,30-,31-,32-,33-,34-,35+,36+,37-,38-,39-,40-,41-,42-,43-,44+,45+,46+,47+,48-,49-,50-,51-,52-,53-,54+,55-,56-,57-,58-,59+,60+,61+,62+,63+,64-,65+,66+,67+,68-,69-,70+,71+,72+,73+,74-/m1/s1. The average Bonchev–Trinajstić information content (AvgIpc) is 0.753. The first-order valence-corrected chi connectivity index (χ1v) is 42.7. The molecule has 11 aliphatic rings. The third kappa shape index (κ3) is 24.0. The van der Waals surface area contributed by atoms with Crippen LogP contribution in [0.3, 0.4) is 0 Å². The Bertz CT molecular complexity index is 3650. The summed E-state index contributed by atoms with van der Waals surface area (Å²) in [4.78, 5) is 51.6. The summed E-state index contributed by atoms with van der Waals surface area (Å²) in [5.41, 5.74) is 0. The SMILES string of the molecule is CC(=O)N[C@@H]1[C@@H](O)[C@H](O[C@@H]2O[C@H](CO)[C@@H](O[C@@H]3O[C@H](CO[C@H]4O[C@H](CO)[C@@H](O)[C@H](O)[C@@H]4O[C@@H]4O[C@H](CO)[C@@H](O[C@@H]5O[C@H](CO)[C@H](O[C@H]6O[C@H](CO)[C@H](O)[C@H](O)[C@H]6O)[C@H](O)[C@H]5O)[C@H](O)[C@H]4NC(C)=O)[C@@H](O)[C@H](O[C@H]4O[C@H](CO)[C@@H](O)[C@H](O)[C@@H]4O[C@@H]4O[C@H](CO)[C@@H](O[C@@H]5O[C@H](CO)[C@H](O[C@H]6O[C@H](CO)[C@H](O)[C@H](O)[C@H]6O)[C@H](O)[C@H]5O)[C@H](O)[C@H]4NC(C)=O)[C@@H]3O)[C@H](O)[C@H]2NC(C)=O)[C@@H](CO)O[C@H]1O. The third-order valence-corrected chi connectivity index (χ3v) is 24.6. The van der Waals surface area contributed by atoms with Crippen molar-refractivity contribution in [2.24, 2.45) is 0 Å². The monoisotopic (exact) mass is 1960 g/mol. The number of amides is 4. The largest absolute Gasteiger partial charge is 0.394 e. The Balaban J connectivity index is 0.885. The highest BCUT2D eigenvalue weighted by atomic mass is 16.8. The van der Waals surface area contributed by atoms with Gasteiger partial charge in [-0.2, -0.15) is 0 Å². The highest BCUT2D eigenvalue weighted by molar-refractivity contribution is 5.74. The van der Waals surface area contributed by atoms with Crippen molar-refractivity contribution in [2.75, 3.05) is 72.7 Å². The van der Waals surface area contributed by atoms with Crippen molar-refractivity contribution < 1.29 is 277 Å². The van der Waals surface area contributed by atoms with E-state index in [1.165, 1.54) is 0 Å². The first-order chi connectivity index (χ1) is 63.5. The van der Waals surface area contributed by atoms with Crippen LogP contribution in [0.15, 0.2) is 0 Å². The molecule has 0 spiro atoms. The molecule has 0 bridgehead atoms. The van der Waals surface area contributed by atoms with Crippen LogP contribution in [-0.2, 0) is 119 Å². The average molecular weight is 1970 g/mol. The van der Waals surface area contributed by atoms with Gasteiger partial charge in [0.25, 0.3) is 0 Å². The second-order valence-electron chi connectivity index (χ2n) is 33.8. The Morgan fingerprint density at radius 2 is 0.403 bits per heavy atom. The topological polar surface area (TPSA) is 937 Å². The van der Waals surface area contributed by atoms with Gasteiger partial charge in [-0.1, -0.05) is 0 Å². The lowest BCUT2D eigenvalue weighted by atomic mass is 9.93. The second-order valence-corrected chi connectivity index (χ2v) is 33.8. The summed E-state index contributed by atoms with van der Waals surface area (Å²) in [6.07, 6.45) is -108. The Morgan fingerprint density at radius 1 is 0.194 bits per heavy atom. The van der Waals surface area contributed by atoms with Crippen molar-refractivity contribution in [3.05, 3.63) is 0 Å². The predicted molar refractivity (Wildman–Crippen MR) is 409 cm³/mol. The van der Waals surface area contributed by atoms with Crippen molar-refractivity contribution >= 4 is 23.6 Å². The number of nitrogens with one attached hydrogen (secondary N) is 4. The second kappa shape index (κ2) is 48.3. The van der Waals surface area contributed by atoms with Crippen molar-refractivity contribution in [3.8, 4) is 0 Å². The summed E-state index contributed by atoms with van der Waals surface area (Å²) >= 11 is 0. The fourth-order valence-corrected chi connectivity index (χ4v) is 17.4. The molecule has 4 amide bonds. The minimum absolute atomic E-state index is 0.814. The normalized spacial score (nSPS) is 49.8. The minimum Gasteiger partial charge on any atom is -0.394 e. The number of ether oxygens (including phenoxy) is 21. The van der Waals surface area contributed by atoms with Gasteiger partial charge in [0.1, 0.15) is 268 Å². The maximum Gasteiger partial charge on any atom is 0.217 e. The van der Waals surface area contributed by atoms with Crippen LogP contribution in [0.1, 0.15) is 27.7 Å². The van der Waals surface area contributed by atoms with Crippen LogP contribution in [0.2, 0.25) is 0 Å². The highest BCUT2D eigenvalue weighted by Gasteiger charge is 2.63. The summed E-state index contributed by atoms with van der Waals surface area (Å²) in [5, 5.41) is 355. The summed E-state index contributed by atoms with van der Waals surface area (Å²) in [5.74, 6) is -3.82. The van der Waals surface area contributed by atoms with Crippen LogP contribution in [0.4, 0.5) is 0 Å². The molecule has 0 aliphatic carbocycles. The first-order valence-electron chi connectivity index (χ1n) is 42.7. The maximum atomic E-state index is 13.2. The molecule has 11 saturated heterocycles. The molecular weight excluding hydrogens is 1840 g/mol. The Kier molecular flexibility index (Phi) is 39.7. The van der Waals surface area contributed by atoms with Gasteiger partial charge in [-0.15, -0.1) is 0 Å². The number of rotatable bonds is 35. The van der Waals surface area contributed by atoms with E-state index in [0.717, 1.165) is 27.7 Å². The van der Waals surface area contributed by atoms with Crippen molar-refractivity contribution in [3.63, 3.8) is 0 Å². The lowest BCUT2D eigenvalue weighted by Gasteiger charge is -2.51. The fraction of sp³-hybridized carbons (Fsp3) is 0.946. The number of aliphatic hydroxyl groups is 31. The maximum absolute atomic E-state index is 13.2. The molecule has 776 valence electrons. The van der Waals surface area contributed by atoms with Gasteiger partial charge in [0, 0.05) is 27.7 Å². The molecule has 55 atom stereocenters. The quantitative estimate of drug-likeness (QED) is 0.0280. The van der Waals surface area contributed by atoms with Crippen LogP contribution in [0.5, 0.6) is 0 Å². The van der Waals surface area contributed by atoms with Gasteiger partial charge in [-0.25, -0.2) is 0 Å². The zero-order valence-electron chi connectivity index (χ0n) is 71.6. The summed E-state index contributed by atoms with van der Waals surface area (Å²) in [6.45, 7) is -8.80. The van der Waals surface area contributed by atoms with E-state index in [1.54, 1.807) is 0 Å². The van der Waals surface area contributed by atoms with E-state index < -0.39 is 434 Å². The Labute approximate surface area is 757 Å². The lowest BCUT2D eigenvalue weighted by Crippen LogP contribution is -2.71. The molecule has 11 heterocycles. The van der Waals surface area contributed by atoms with Crippen molar-refractivity contribution in [1.82, 2.24) is 21.3 Å². The van der Waals surface area contributed by atoms with E-state index in [-0.39, 0.29) is 0 Å². The van der Waals surface area contributed by atoms with E-state index in [4.69, 9.17) is 99.5 Å². The number of carbonyl (C=O) groups excluding carboxylic acids is 4. The van der Waals surface area contributed by atoms with Crippen LogP contribution in [0.25, 0.3) is 0 Å². The molecule has 0 saturated carbocycles. The van der Waals surface area contributed by atoms with E-state index in [0.29, 0.717) is 0 Å². The molecule has 134 heavy (non-hydrogen) atoms. The number of aliphatic hydroxyl groups excluding tert-OH is 31. The summed E-state index contributed by atoms with van der Waals surface area (Å²) < 4.78 is 124. The molecular formula is C74H124N4O56. The zero-order chi connectivity index (χ0) is 98.5. The number of hydrogen-bond donors (Lipinski definition) is 35. The predicted octanol–water partition coefficient (Wildman–Crippen LogP) is -24.4. The van der Waals surface area contributed by atoms with E-state index in [9.17, 15) is 177 Å². The van der Waals surface area contributed by atoms with Gasteiger partial charge in [0.05, 0.1) is 72.7 Å². The van der Waals surface area contributed by atoms with Gasteiger partial charge in [0.2, 0.25) is 23.6 Å². The molecule has 35 N–H and O–H groups in total. The molecule has 11 rings (SSSR count). The molecule has 0 aromatic carbocycles. The van der Waals surface area contributed by atoms with Crippen molar-refractivity contribution in [2.45, 2.75) is 365 Å². The zero-order valence-corrected chi connectivity index (χ0v) is 71.6. The van der Waals surface area contributed by atoms with Crippen LogP contribution in [-0.4, -0.2) is 592 Å². The fourth-order valence-electron chi connectivity index (χ4n) is 17.4. The van der Waals surface area contributed by atoms with Gasteiger partial charge >= 0.3 is 0 Å². The number of hydrogen-bond acceptors (Lipinski definition) is 56. The van der Waals surface area contributed by atoms with E-state index >= 15 is 0 Å². The molecule has 0 radical (unpaired) electrons. The summed E-state index contributed by atoms with van der Waals surface area (Å²) in [6, 6.07) is -7.75. The number of carbonyl (C=O) groups is 4. The third-order valence-electron chi connectivity index (χ3n) is 24.6. The molecule has 11 fully saturated rings. The lowest BCUT2D eigenvalue weighted by molar-refractivity contribution is -0.400. The van der Waals surface area contributed by atoms with Crippen molar-refractivity contribution in [1.29, 1.82) is 0 Å². The Hall–Kier alpha value is -4.20. The highest BCUT2D eigenvalue weighted by Crippen LogP contribution is 2.42. The smallest absolute Gasteiger partial charge is 0.217 e. The van der Waals surface area contributed by atoms with Crippen LogP contribution >= 0.6 is 0 Å². The van der Waals surface area contributed by atoms with Crippen LogP contribution < -0.4 is 21.3 Å². The summed E-state index contributed by atoms with van der Waals surface area (Å²) in [7, 11) is 0. The Morgan fingerprint density at radius 3 is 0.724 bits per heavy atom. The first kappa shape index (κ1) is 110. The van der Waals surface area contributed by atoms with Gasteiger partial charge in [-0.3, -0.25) is 19.2 Å². The molecule has 11 aliphatic heterocycles. The van der Waals surface area contributed by atoms with Gasteiger partial charge < -0.3 is 279 Å². The minimum atomic E-state index is -2.65. The van der Waals surface area contributed by atoms with E-state index in [1.807, 2.05) is 0 Å². The van der Waals surface area contributed by atoms with Crippen LogP contribution in [0, 0.1) is 0 Å². The van der Waals surface area contributed by atoms with E-state index in [2.05, 4.69) is 21.3 Å². The molecule has 0 aromatic heterocycles. The molecule has 0 unspecified atom stereocenters. The molecule has 60 nitrogen and oxygen atoms in total. The molecule has 0 aromatic rings. The van der Waals surface area contributed by atoms with Gasteiger partial charge in [-0.05, 0) is 0 Å². The van der Waals surface area contributed by atoms with Gasteiger partial charge in [0.15, 0.2) is 69.2 Å². The molecule has 60 heteroatoms.